The van der Waals surface area contributed by atoms with Gasteiger partial charge in [-0.2, -0.15) is 0 Å². The molecule has 0 saturated carbocycles. The molecule has 1 heterocycles. The van der Waals surface area contributed by atoms with Gasteiger partial charge in [-0.15, -0.1) is 0 Å². The van der Waals surface area contributed by atoms with Crippen LogP contribution in [-0.4, -0.2) is 31.2 Å². The first-order valence-electron chi connectivity index (χ1n) is 4.97. The summed E-state index contributed by atoms with van der Waals surface area (Å²) < 4.78 is 4.88. The number of nitrogens with one attached hydrogen (secondary N) is 1. The average molecular weight is 208 g/mol. The van der Waals surface area contributed by atoms with Gasteiger partial charge in [0.05, 0.1) is 6.42 Å². The Morgan fingerprint density at radius 3 is 3.13 bits per heavy atom. The molecule has 0 saturated heterocycles. The first kappa shape index (κ1) is 11.7. The van der Waals surface area contributed by atoms with Crippen LogP contribution in [0.2, 0.25) is 0 Å². The van der Waals surface area contributed by atoms with E-state index in [4.69, 9.17) is 4.74 Å². The minimum atomic E-state index is 0.0269. The fourth-order valence-electron chi connectivity index (χ4n) is 1.19. The number of ether oxygens (including phenoxy) is 1. The second-order valence-electron chi connectivity index (χ2n) is 3.23. The van der Waals surface area contributed by atoms with Crippen molar-refractivity contribution in [2.45, 2.75) is 12.8 Å². The summed E-state index contributed by atoms with van der Waals surface area (Å²) in [5.74, 6) is 0.0269. The van der Waals surface area contributed by atoms with Gasteiger partial charge in [-0.25, -0.2) is 0 Å². The van der Waals surface area contributed by atoms with Crippen molar-refractivity contribution in [1.29, 1.82) is 0 Å². The third kappa shape index (κ3) is 5.12. The molecule has 0 radical (unpaired) electrons. The molecule has 0 fully saturated rings. The molecule has 0 atom stereocenters. The summed E-state index contributed by atoms with van der Waals surface area (Å²) in [6.45, 7) is 1.33. The smallest absolute Gasteiger partial charge is 0.224 e. The molecule has 1 N–H and O–H groups in total. The van der Waals surface area contributed by atoms with Crippen LogP contribution in [0.4, 0.5) is 0 Å². The van der Waals surface area contributed by atoms with Crippen molar-refractivity contribution >= 4 is 5.91 Å². The van der Waals surface area contributed by atoms with E-state index in [1.54, 1.807) is 19.5 Å². The van der Waals surface area contributed by atoms with Gasteiger partial charge in [0.25, 0.3) is 0 Å². The van der Waals surface area contributed by atoms with Crippen LogP contribution >= 0.6 is 0 Å². The van der Waals surface area contributed by atoms with Crippen LogP contribution < -0.4 is 5.32 Å². The Bertz CT molecular complexity index is 288. The summed E-state index contributed by atoms with van der Waals surface area (Å²) in [5, 5.41) is 2.82. The average Bonchev–Trinajstić information content (AvgIpc) is 2.26. The van der Waals surface area contributed by atoms with Crippen molar-refractivity contribution in [3.63, 3.8) is 0 Å². The van der Waals surface area contributed by atoms with Crippen molar-refractivity contribution < 1.29 is 9.53 Å². The van der Waals surface area contributed by atoms with Gasteiger partial charge < -0.3 is 10.1 Å². The quantitative estimate of drug-likeness (QED) is 0.703. The van der Waals surface area contributed by atoms with Crippen LogP contribution in [0.25, 0.3) is 0 Å². The normalized spacial score (nSPS) is 9.93. The van der Waals surface area contributed by atoms with Gasteiger partial charge in [-0.3, -0.25) is 9.78 Å². The molecule has 0 bridgehead atoms. The third-order valence-electron chi connectivity index (χ3n) is 1.93. The lowest BCUT2D eigenvalue weighted by molar-refractivity contribution is -0.120. The summed E-state index contributed by atoms with van der Waals surface area (Å²) in [7, 11) is 1.65. The maximum atomic E-state index is 11.4. The Morgan fingerprint density at radius 2 is 2.47 bits per heavy atom. The lowest BCUT2D eigenvalue weighted by Gasteiger charge is -2.04. The number of hydrogen-bond acceptors (Lipinski definition) is 3. The fraction of sp³-hybridized carbons (Fsp3) is 0.455. The molecule has 4 heteroatoms. The minimum absolute atomic E-state index is 0.0269. The van der Waals surface area contributed by atoms with Gasteiger partial charge in [0, 0.05) is 32.7 Å². The van der Waals surface area contributed by atoms with Crippen molar-refractivity contribution in [3.05, 3.63) is 30.1 Å². The fourth-order valence-corrected chi connectivity index (χ4v) is 1.19. The Kier molecular flexibility index (Phi) is 5.40. The number of carbonyl (C=O) groups excluding carboxylic acids is 1. The van der Waals surface area contributed by atoms with Gasteiger partial charge >= 0.3 is 0 Å². The Morgan fingerprint density at radius 1 is 1.60 bits per heavy atom. The highest BCUT2D eigenvalue weighted by molar-refractivity contribution is 5.78. The Labute approximate surface area is 89.7 Å². The second kappa shape index (κ2) is 6.95. The summed E-state index contributed by atoms with van der Waals surface area (Å²) in [4.78, 5) is 15.3. The molecule has 4 nitrogen and oxygen atoms in total. The predicted molar refractivity (Wildman–Crippen MR) is 57.4 cm³/mol. The van der Waals surface area contributed by atoms with Gasteiger partial charge in [0.1, 0.15) is 0 Å². The van der Waals surface area contributed by atoms with Gasteiger partial charge in [-0.1, -0.05) is 6.07 Å². The van der Waals surface area contributed by atoms with Gasteiger partial charge in [0.15, 0.2) is 0 Å². The van der Waals surface area contributed by atoms with Crippen LogP contribution in [0.15, 0.2) is 24.5 Å². The predicted octanol–water partition coefficient (Wildman–Crippen LogP) is 0.777. The van der Waals surface area contributed by atoms with Crippen LogP contribution in [0.1, 0.15) is 12.0 Å². The second-order valence-corrected chi connectivity index (χ2v) is 3.23. The molecule has 1 rings (SSSR count). The topological polar surface area (TPSA) is 51.2 Å². The van der Waals surface area contributed by atoms with Crippen LogP contribution in [0, 0.1) is 0 Å². The number of carbonyl (C=O) groups is 1. The number of amides is 1. The number of pyridine rings is 1. The molecular formula is C11H16N2O2. The van der Waals surface area contributed by atoms with Gasteiger partial charge in [0.2, 0.25) is 5.91 Å². The van der Waals surface area contributed by atoms with Crippen molar-refractivity contribution in [2.75, 3.05) is 20.3 Å². The Balaban J connectivity index is 2.19. The number of nitrogens with zero attached hydrogens (tertiary/aromatic N) is 1. The highest BCUT2D eigenvalue weighted by Gasteiger charge is 2.01. The standard InChI is InChI=1S/C11H16N2O2/c1-15-7-3-6-13-11(14)8-10-4-2-5-12-9-10/h2,4-5,9H,3,6-8H2,1H3,(H,13,14). The van der Waals surface area contributed by atoms with E-state index in [1.165, 1.54) is 0 Å². The van der Waals surface area contributed by atoms with E-state index in [-0.39, 0.29) is 5.91 Å². The molecule has 1 aromatic rings. The van der Waals surface area contributed by atoms with Crippen LogP contribution in [0.5, 0.6) is 0 Å². The van der Waals surface area contributed by atoms with Crippen molar-refractivity contribution in [3.8, 4) is 0 Å². The first-order chi connectivity index (χ1) is 7.33. The summed E-state index contributed by atoms with van der Waals surface area (Å²) >= 11 is 0. The number of rotatable bonds is 6. The van der Waals surface area contributed by atoms with E-state index in [9.17, 15) is 4.79 Å². The SMILES string of the molecule is COCCCNC(=O)Cc1cccnc1. The molecule has 15 heavy (non-hydrogen) atoms. The summed E-state index contributed by atoms with van der Waals surface area (Å²) in [5.41, 5.74) is 0.932. The molecule has 0 unspecified atom stereocenters. The highest BCUT2D eigenvalue weighted by Crippen LogP contribution is 1.96. The highest BCUT2D eigenvalue weighted by atomic mass is 16.5. The number of methoxy groups -OCH3 is 1. The molecule has 0 aliphatic heterocycles. The lowest BCUT2D eigenvalue weighted by Crippen LogP contribution is -2.26. The van der Waals surface area contributed by atoms with Crippen LogP contribution in [0.3, 0.4) is 0 Å². The van der Waals surface area contributed by atoms with E-state index >= 15 is 0 Å². The zero-order valence-corrected chi connectivity index (χ0v) is 8.90. The van der Waals surface area contributed by atoms with Gasteiger partial charge in [-0.05, 0) is 18.1 Å². The van der Waals surface area contributed by atoms with Crippen LogP contribution in [-0.2, 0) is 16.0 Å². The van der Waals surface area contributed by atoms with E-state index < -0.39 is 0 Å². The molecule has 0 aliphatic carbocycles. The molecule has 0 aromatic carbocycles. The molecular weight excluding hydrogens is 192 g/mol. The summed E-state index contributed by atoms with van der Waals surface area (Å²) in [6, 6.07) is 3.72. The molecule has 1 aromatic heterocycles. The monoisotopic (exact) mass is 208 g/mol. The summed E-state index contributed by atoms with van der Waals surface area (Å²) in [6.07, 6.45) is 4.63. The Hall–Kier alpha value is -1.42. The maximum Gasteiger partial charge on any atom is 0.224 e. The van der Waals surface area contributed by atoms with Crippen molar-refractivity contribution in [2.24, 2.45) is 0 Å². The van der Waals surface area contributed by atoms with E-state index in [2.05, 4.69) is 10.3 Å². The largest absolute Gasteiger partial charge is 0.385 e. The van der Waals surface area contributed by atoms with E-state index in [0.29, 0.717) is 19.6 Å². The third-order valence-corrected chi connectivity index (χ3v) is 1.93. The zero-order valence-electron chi connectivity index (χ0n) is 8.90. The molecule has 0 spiro atoms. The number of aromatic nitrogens is 1. The lowest BCUT2D eigenvalue weighted by atomic mass is 10.2. The molecule has 0 aliphatic rings. The first-order valence-corrected chi connectivity index (χ1v) is 4.97. The maximum absolute atomic E-state index is 11.4. The molecule has 1 amide bonds. The van der Waals surface area contributed by atoms with E-state index in [0.717, 1.165) is 12.0 Å². The minimum Gasteiger partial charge on any atom is -0.385 e. The number of hydrogen-bond donors (Lipinski definition) is 1. The van der Waals surface area contributed by atoms with E-state index in [1.807, 2.05) is 12.1 Å². The zero-order chi connectivity index (χ0) is 10.9. The van der Waals surface area contributed by atoms with Crippen molar-refractivity contribution in [1.82, 2.24) is 10.3 Å². The molecule has 82 valence electrons.